The Bertz CT molecular complexity index is 237. The van der Waals surface area contributed by atoms with Gasteiger partial charge in [0.1, 0.15) is 0 Å². The molecule has 0 spiro atoms. The van der Waals surface area contributed by atoms with Crippen LogP contribution >= 0.6 is 11.8 Å². The van der Waals surface area contributed by atoms with E-state index in [4.69, 9.17) is 11.5 Å². The number of rotatable bonds is 0. The molecule has 3 aliphatic rings. The highest BCUT2D eigenvalue weighted by molar-refractivity contribution is 8.00. The van der Waals surface area contributed by atoms with Gasteiger partial charge in [0.25, 0.3) is 0 Å². The van der Waals surface area contributed by atoms with Gasteiger partial charge >= 0.3 is 0 Å². The van der Waals surface area contributed by atoms with E-state index < -0.39 is 0 Å². The van der Waals surface area contributed by atoms with Crippen LogP contribution in [0.1, 0.15) is 38.5 Å². The summed E-state index contributed by atoms with van der Waals surface area (Å²) < 4.78 is 0. The summed E-state index contributed by atoms with van der Waals surface area (Å²) in [4.78, 5) is 0. The van der Waals surface area contributed by atoms with Gasteiger partial charge < -0.3 is 16.8 Å². The third-order valence-electron chi connectivity index (χ3n) is 4.44. The number of thioether (sulfide) groups is 1. The molecule has 0 bridgehead atoms. The van der Waals surface area contributed by atoms with Gasteiger partial charge in [-0.3, -0.25) is 0 Å². The molecule has 0 aromatic carbocycles. The fourth-order valence-corrected chi connectivity index (χ4v) is 5.48. The molecule has 2 aliphatic carbocycles. The lowest BCUT2D eigenvalue weighted by atomic mass is 9.86. The van der Waals surface area contributed by atoms with E-state index in [2.05, 4.69) is 17.1 Å². The van der Waals surface area contributed by atoms with Crippen LogP contribution in [0.3, 0.4) is 0 Å². The Morgan fingerprint density at radius 1 is 0.812 bits per heavy atom. The van der Waals surface area contributed by atoms with Crippen molar-refractivity contribution < 1.29 is 0 Å². The minimum atomic E-state index is 0.435. The van der Waals surface area contributed by atoms with Crippen LogP contribution in [0.25, 0.3) is 0 Å². The van der Waals surface area contributed by atoms with Crippen LogP contribution in [0.2, 0.25) is 0 Å². The maximum atomic E-state index is 6.07. The van der Waals surface area contributed by atoms with Crippen molar-refractivity contribution in [1.82, 2.24) is 5.32 Å². The first-order valence-electron chi connectivity index (χ1n) is 6.65. The normalized spacial score (nSPS) is 52.9. The molecular weight excluding hydrogens is 218 g/mol. The Labute approximate surface area is 102 Å². The molecule has 16 heavy (non-hydrogen) atoms. The first-order valence-corrected chi connectivity index (χ1v) is 7.59. The molecule has 1 heterocycles. The van der Waals surface area contributed by atoms with Gasteiger partial charge in [-0.25, -0.2) is 0 Å². The highest BCUT2D eigenvalue weighted by Gasteiger charge is 2.41. The van der Waals surface area contributed by atoms with Gasteiger partial charge in [-0.15, -0.1) is 0 Å². The zero-order valence-corrected chi connectivity index (χ0v) is 10.6. The number of hydrogen-bond donors (Lipinski definition) is 3. The second-order valence-corrected chi connectivity index (χ2v) is 7.22. The van der Waals surface area contributed by atoms with Gasteiger partial charge in [-0.1, -0.05) is 0 Å². The summed E-state index contributed by atoms with van der Waals surface area (Å²) in [5.74, 6) is 0. The van der Waals surface area contributed by atoms with Crippen molar-refractivity contribution in [2.75, 3.05) is 0 Å². The summed E-state index contributed by atoms with van der Waals surface area (Å²) in [6.45, 7) is 0. The highest BCUT2D eigenvalue weighted by Crippen LogP contribution is 2.41. The highest BCUT2D eigenvalue weighted by atomic mass is 32.2. The molecule has 3 rings (SSSR count). The molecule has 2 saturated carbocycles. The third-order valence-corrected chi connectivity index (χ3v) is 6.18. The number of hydrogen-bond acceptors (Lipinski definition) is 4. The van der Waals surface area contributed by atoms with Crippen LogP contribution in [0.5, 0.6) is 0 Å². The second kappa shape index (κ2) is 4.48. The van der Waals surface area contributed by atoms with E-state index in [9.17, 15) is 0 Å². The van der Waals surface area contributed by atoms with Crippen LogP contribution in [-0.4, -0.2) is 34.7 Å². The number of fused-ring (bicyclic) bond motifs is 2. The maximum absolute atomic E-state index is 6.07. The van der Waals surface area contributed by atoms with Crippen molar-refractivity contribution in [3.05, 3.63) is 0 Å². The van der Waals surface area contributed by atoms with Crippen LogP contribution < -0.4 is 16.8 Å². The zero-order valence-electron chi connectivity index (χ0n) is 9.77. The van der Waals surface area contributed by atoms with Crippen LogP contribution in [0.15, 0.2) is 0 Å². The van der Waals surface area contributed by atoms with Crippen molar-refractivity contribution >= 4 is 11.8 Å². The average Bonchev–Trinajstić information content (AvgIpc) is 2.26. The van der Waals surface area contributed by atoms with E-state index in [1.807, 2.05) is 0 Å². The molecule has 4 heteroatoms. The largest absolute Gasteiger partial charge is 0.328 e. The lowest BCUT2D eigenvalue weighted by molar-refractivity contribution is 0.262. The lowest BCUT2D eigenvalue weighted by Gasteiger charge is -2.48. The van der Waals surface area contributed by atoms with E-state index in [1.165, 1.54) is 38.5 Å². The molecule has 5 N–H and O–H groups in total. The molecule has 0 aromatic rings. The summed E-state index contributed by atoms with van der Waals surface area (Å²) in [6, 6.07) is 2.31. The van der Waals surface area contributed by atoms with Gasteiger partial charge in [0.15, 0.2) is 0 Å². The summed E-state index contributed by atoms with van der Waals surface area (Å²) in [7, 11) is 0. The molecule has 6 unspecified atom stereocenters. The quantitative estimate of drug-likeness (QED) is 0.587. The Morgan fingerprint density at radius 2 is 1.31 bits per heavy atom. The van der Waals surface area contributed by atoms with E-state index in [0.717, 1.165) is 22.6 Å². The van der Waals surface area contributed by atoms with Gasteiger partial charge in [0.2, 0.25) is 0 Å². The van der Waals surface area contributed by atoms with E-state index in [1.54, 1.807) is 0 Å². The van der Waals surface area contributed by atoms with Gasteiger partial charge in [0.05, 0.1) is 0 Å². The predicted molar refractivity (Wildman–Crippen MR) is 69.5 cm³/mol. The van der Waals surface area contributed by atoms with Gasteiger partial charge in [-0.2, -0.15) is 11.8 Å². The summed E-state index contributed by atoms with van der Waals surface area (Å²) in [5.41, 5.74) is 12.1. The van der Waals surface area contributed by atoms with Crippen molar-refractivity contribution in [2.45, 2.75) is 73.2 Å². The standard InChI is InChI=1S/C12H23N3S/c13-7-1-3-9-11(5-7)16-12-6-8(14)2-4-10(12)15-9/h7-12,15H,1-6,13-14H2. The van der Waals surface area contributed by atoms with Crippen LogP contribution in [0, 0.1) is 0 Å². The first-order chi connectivity index (χ1) is 7.72. The topological polar surface area (TPSA) is 64.1 Å². The molecule has 6 atom stereocenters. The fraction of sp³-hybridized carbons (Fsp3) is 1.00. The van der Waals surface area contributed by atoms with E-state index in [-0.39, 0.29) is 0 Å². The fourth-order valence-electron chi connectivity index (χ4n) is 3.50. The summed E-state index contributed by atoms with van der Waals surface area (Å²) >= 11 is 2.18. The average molecular weight is 241 g/mol. The lowest BCUT2D eigenvalue weighted by Crippen LogP contribution is -2.59. The van der Waals surface area contributed by atoms with Crippen molar-refractivity contribution in [3.63, 3.8) is 0 Å². The van der Waals surface area contributed by atoms with Crippen molar-refractivity contribution in [3.8, 4) is 0 Å². The van der Waals surface area contributed by atoms with E-state index >= 15 is 0 Å². The summed E-state index contributed by atoms with van der Waals surface area (Å²) in [5, 5.41) is 5.36. The van der Waals surface area contributed by atoms with E-state index in [0.29, 0.717) is 12.1 Å². The van der Waals surface area contributed by atoms with Crippen molar-refractivity contribution in [2.24, 2.45) is 11.5 Å². The molecule has 0 radical (unpaired) electrons. The molecule has 0 aromatic heterocycles. The Morgan fingerprint density at radius 3 is 1.81 bits per heavy atom. The van der Waals surface area contributed by atoms with Crippen molar-refractivity contribution in [1.29, 1.82) is 0 Å². The molecule has 1 aliphatic heterocycles. The molecular formula is C12H23N3S. The molecule has 0 amide bonds. The molecule has 3 fully saturated rings. The Kier molecular flexibility index (Phi) is 3.17. The third kappa shape index (κ3) is 2.13. The SMILES string of the molecule is NC1CCC2NC3CCC(N)CC3SC2C1. The van der Waals surface area contributed by atoms with Gasteiger partial charge in [0, 0.05) is 34.7 Å². The predicted octanol–water partition coefficient (Wildman–Crippen LogP) is 0.820. The molecule has 1 saturated heterocycles. The summed E-state index contributed by atoms with van der Waals surface area (Å²) in [6.07, 6.45) is 7.33. The number of nitrogens with two attached hydrogens (primary N) is 2. The Balaban J connectivity index is 1.67. The Hall–Kier alpha value is 0.230. The maximum Gasteiger partial charge on any atom is 0.0219 e. The first kappa shape index (κ1) is 11.3. The van der Waals surface area contributed by atoms with Crippen LogP contribution in [-0.2, 0) is 0 Å². The van der Waals surface area contributed by atoms with Gasteiger partial charge in [-0.05, 0) is 38.5 Å². The minimum Gasteiger partial charge on any atom is -0.328 e. The zero-order chi connectivity index (χ0) is 11.1. The monoisotopic (exact) mass is 241 g/mol. The second-order valence-electron chi connectivity index (χ2n) is 5.74. The molecule has 92 valence electrons. The van der Waals surface area contributed by atoms with Crippen LogP contribution in [0.4, 0.5) is 0 Å². The molecule has 3 nitrogen and oxygen atoms in total. The smallest absolute Gasteiger partial charge is 0.0219 e. The minimum absolute atomic E-state index is 0.435. The number of nitrogens with one attached hydrogen (secondary N) is 1.